The van der Waals surface area contributed by atoms with Crippen molar-refractivity contribution in [2.24, 2.45) is 0 Å². The van der Waals surface area contributed by atoms with Crippen LogP contribution in [0.1, 0.15) is 13.8 Å². The molecular weight excluding hydrogens is 172 g/mol. The van der Waals surface area contributed by atoms with Crippen LogP contribution in [0.15, 0.2) is 0 Å². The predicted molar refractivity (Wildman–Crippen MR) is 34.5 cm³/mol. The van der Waals surface area contributed by atoms with Crippen molar-refractivity contribution in [2.45, 2.75) is 18.2 Å². The smallest absolute Gasteiger partial charge is 0.322 e. The number of hydrogen-bond acceptors (Lipinski definition) is 2. The Hall–Kier alpha value is -0.0500. The second kappa shape index (κ2) is 2.49. The molecule has 0 aromatic carbocycles. The molecule has 0 bridgehead atoms. The SMILES string of the molecule is [CH2]OC(=O)C(C)(C)Br. The summed E-state index contributed by atoms with van der Waals surface area (Å²) < 4.78 is 3.58. The van der Waals surface area contributed by atoms with E-state index in [9.17, 15) is 4.79 Å². The molecule has 0 unspecified atom stereocenters. The summed E-state index contributed by atoms with van der Waals surface area (Å²) >= 11 is 3.09. The van der Waals surface area contributed by atoms with Gasteiger partial charge in [-0.2, -0.15) is 0 Å². The number of hydrogen-bond donors (Lipinski definition) is 0. The van der Waals surface area contributed by atoms with E-state index in [0.717, 1.165) is 0 Å². The van der Waals surface area contributed by atoms with Crippen LogP contribution in [-0.2, 0) is 9.53 Å². The Morgan fingerprint density at radius 1 is 1.75 bits per heavy atom. The fraction of sp³-hybridized carbons (Fsp3) is 0.600. The zero-order valence-corrected chi connectivity index (χ0v) is 6.49. The van der Waals surface area contributed by atoms with Gasteiger partial charge in [-0.1, -0.05) is 15.9 Å². The molecule has 0 aliphatic carbocycles. The summed E-state index contributed by atoms with van der Waals surface area (Å²) in [6.07, 6.45) is 0. The number of halogens is 1. The van der Waals surface area contributed by atoms with E-state index in [1.165, 1.54) is 0 Å². The number of rotatable bonds is 1. The lowest BCUT2D eigenvalue weighted by atomic mass is 10.2. The van der Waals surface area contributed by atoms with Gasteiger partial charge in [0.1, 0.15) is 11.4 Å². The van der Waals surface area contributed by atoms with Crippen molar-refractivity contribution in [3.8, 4) is 0 Å². The lowest BCUT2D eigenvalue weighted by molar-refractivity contribution is -0.140. The minimum atomic E-state index is -0.602. The quantitative estimate of drug-likeness (QED) is 0.451. The summed E-state index contributed by atoms with van der Waals surface area (Å²) in [4.78, 5) is 10.5. The van der Waals surface area contributed by atoms with Gasteiger partial charge in [0, 0.05) is 0 Å². The Kier molecular flexibility index (Phi) is 2.47. The van der Waals surface area contributed by atoms with Gasteiger partial charge in [0.2, 0.25) is 0 Å². The van der Waals surface area contributed by atoms with Crippen molar-refractivity contribution < 1.29 is 9.53 Å². The van der Waals surface area contributed by atoms with Crippen LogP contribution in [0.4, 0.5) is 0 Å². The first-order valence-corrected chi connectivity index (χ1v) is 2.93. The molecule has 0 saturated heterocycles. The Balaban J connectivity index is 3.82. The van der Waals surface area contributed by atoms with Crippen LogP contribution in [0.5, 0.6) is 0 Å². The first-order valence-electron chi connectivity index (χ1n) is 2.14. The zero-order valence-electron chi connectivity index (χ0n) is 4.90. The van der Waals surface area contributed by atoms with Crippen LogP contribution in [-0.4, -0.2) is 10.3 Å². The van der Waals surface area contributed by atoms with E-state index in [1.807, 2.05) is 0 Å². The van der Waals surface area contributed by atoms with Crippen molar-refractivity contribution in [1.82, 2.24) is 0 Å². The van der Waals surface area contributed by atoms with Crippen LogP contribution in [0.3, 0.4) is 0 Å². The average Bonchev–Trinajstić information content (AvgIpc) is 1.62. The van der Waals surface area contributed by atoms with E-state index in [-0.39, 0.29) is 5.97 Å². The number of alkyl halides is 1. The highest BCUT2D eigenvalue weighted by molar-refractivity contribution is 9.10. The topological polar surface area (TPSA) is 26.3 Å². The minimum absolute atomic E-state index is 0.363. The highest BCUT2D eigenvalue weighted by atomic mass is 79.9. The lowest BCUT2D eigenvalue weighted by Crippen LogP contribution is -2.24. The molecule has 0 N–H and O–H groups in total. The molecule has 0 aliphatic heterocycles. The monoisotopic (exact) mass is 179 g/mol. The molecule has 0 rings (SSSR count). The van der Waals surface area contributed by atoms with Gasteiger partial charge in [-0.25, -0.2) is 0 Å². The van der Waals surface area contributed by atoms with Gasteiger partial charge in [0.25, 0.3) is 0 Å². The van der Waals surface area contributed by atoms with E-state index >= 15 is 0 Å². The van der Waals surface area contributed by atoms with Crippen LogP contribution in [0, 0.1) is 7.11 Å². The molecule has 0 aliphatic rings. The molecule has 2 nitrogen and oxygen atoms in total. The summed E-state index contributed by atoms with van der Waals surface area (Å²) in [6.45, 7) is 3.39. The number of ether oxygens (including phenoxy) is 1. The van der Waals surface area contributed by atoms with Gasteiger partial charge in [-0.3, -0.25) is 4.79 Å². The molecule has 47 valence electrons. The minimum Gasteiger partial charge on any atom is -0.461 e. The van der Waals surface area contributed by atoms with Gasteiger partial charge in [0.15, 0.2) is 0 Å². The normalized spacial score (nSPS) is 11.0. The fourth-order valence-corrected chi connectivity index (χ4v) is 0.286. The lowest BCUT2D eigenvalue weighted by Gasteiger charge is -2.10. The maximum Gasteiger partial charge on any atom is 0.322 e. The Bertz CT molecular complexity index is 93.1. The van der Waals surface area contributed by atoms with E-state index < -0.39 is 4.32 Å². The van der Waals surface area contributed by atoms with E-state index in [0.29, 0.717) is 0 Å². The highest BCUT2D eigenvalue weighted by Gasteiger charge is 2.23. The van der Waals surface area contributed by atoms with Gasteiger partial charge in [-0.05, 0) is 13.8 Å². The maximum atomic E-state index is 10.5. The molecule has 3 heteroatoms. The maximum absolute atomic E-state index is 10.5. The largest absolute Gasteiger partial charge is 0.461 e. The summed E-state index contributed by atoms with van der Waals surface area (Å²) in [5, 5.41) is 0. The second-order valence-electron chi connectivity index (χ2n) is 1.90. The van der Waals surface area contributed by atoms with Crippen molar-refractivity contribution >= 4 is 21.9 Å². The molecule has 0 atom stereocenters. The summed E-state index contributed by atoms with van der Waals surface area (Å²) in [6, 6.07) is 0. The first-order chi connectivity index (χ1) is 3.48. The Labute approximate surface area is 57.3 Å². The van der Waals surface area contributed by atoms with Crippen molar-refractivity contribution in [1.29, 1.82) is 0 Å². The van der Waals surface area contributed by atoms with Crippen LogP contribution in [0.2, 0.25) is 0 Å². The molecule has 1 radical (unpaired) electrons. The molecule has 0 amide bonds. The summed E-state index contributed by atoms with van der Waals surface area (Å²) in [7, 11) is 2.97. The standard InChI is InChI=1S/C5H8BrO2/c1-5(2,6)4(7)8-3/h3H2,1-2H3. The van der Waals surface area contributed by atoms with E-state index in [1.54, 1.807) is 13.8 Å². The number of carbonyl (C=O) groups is 1. The number of carbonyl (C=O) groups excluding carboxylic acids is 1. The van der Waals surface area contributed by atoms with Crippen LogP contribution >= 0.6 is 15.9 Å². The molecule has 0 aromatic heterocycles. The third-order valence-corrected chi connectivity index (χ3v) is 0.940. The second-order valence-corrected chi connectivity index (χ2v) is 3.89. The first kappa shape index (κ1) is 7.95. The summed E-state index contributed by atoms with van der Waals surface area (Å²) in [5.74, 6) is -0.363. The summed E-state index contributed by atoms with van der Waals surface area (Å²) in [5.41, 5.74) is 0. The third-order valence-electron chi connectivity index (χ3n) is 0.616. The van der Waals surface area contributed by atoms with Gasteiger partial charge >= 0.3 is 5.97 Å². The molecule has 0 aromatic rings. The van der Waals surface area contributed by atoms with E-state index in [4.69, 9.17) is 0 Å². The average molecular weight is 180 g/mol. The van der Waals surface area contributed by atoms with Gasteiger partial charge in [0.05, 0.1) is 0 Å². The van der Waals surface area contributed by atoms with Crippen molar-refractivity contribution in [3.05, 3.63) is 7.11 Å². The van der Waals surface area contributed by atoms with Crippen LogP contribution in [0.25, 0.3) is 0 Å². The molecule has 8 heavy (non-hydrogen) atoms. The Morgan fingerprint density at radius 2 is 2.12 bits per heavy atom. The van der Waals surface area contributed by atoms with Crippen LogP contribution < -0.4 is 0 Å². The molecular formula is C5H8BrO2. The highest BCUT2D eigenvalue weighted by Crippen LogP contribution is 2.16. The van der Waals surface area contributed by atoms with E-state index in [2.05, 4.69) is 27.8 Å². The molecule has 0 spiro atoms. The Morgan fingerprint density at radius 3 is 2.12 bits per heavy atom. The molecule has 0 fully saturated rings. The molecule has 0 heterocycles. The molecule has 0 saturated carbocycles. The zero-order chi connectivity index (χ0) is 6.78. The fourth-order valence-electron chi connectivity index (χ4n) is 0.172. The van der Waals surface area contributed by atoms with Gasteiger partial charge < -0.3 is 4.74 Å². The van der Waals surface area contributed by atoms with Gasteiger partial charge in [-0.15, -0.1) is 0 Å². The van der Waals surface area contributed by atoms with Crippen molar-refractivity contribution in [3.63, 3.8) is 0 Å². The predicted octanol–water partition coefficient (Wildman–Crippen LogP) is 1.49. The van der Waals surface area contributed by atoms with Crippen molar-refractivity contribution in [2.75, 3.05) is 0 Å². The number of esters is 1. The third kappa shape index (κ3) is 2.31.